The summed E-state index contributed by atoms with van der Waals surface area (Å²) < 4.78 is 15.3. The second-order valence-corrected chi connectivity index (χ2v) is 5.94. The van der Waals surface area contributed by atoms with Crippen LogP contribution in [-0.4, -0.2) is 39.0 Å². The highest BCUT2D eigenvalue weighted by Crippen LogP contribution is 2.26. The number of hydrogen-bond donors (Lipinski definition) is 2. The molecule has 29 heavy (non-hydrogen) atoms. The zero-order valence-electron chi connectivity index (χ0n) is 16.7. The predicted molar refractivity (Wildman–Crippen MR) is 109 cm³/mol. The van der Waals surface area contributed by atoms with Gasteiger partial charge in [-0.2, -0.15) is 5.10 Å². The van der Waals surface area contributed by atoms with Gasteiger partial charge in [0.2, 0.25) is 5.91 Å². The molecule has 2 rings (SSSR count). The molecule has 0 spiro atoms. The highest BCUT2D eigenvalue weighted by molar-refractivity contribution is 5.83. The van der Waals surface area contributed by atoms with Gasteiger partial charge in [0.25, 0.3) is 0 Å². The van der Waals surface area contributed by atoms with Crippen LogP contribution in [0.2, 0.25) is 0 Å². The lowest BCUT2D eigenvalue weighted by atomic mass is 10.0. The third-order valence-electron chi connectivity index (χ3n) is 3.97. The number of benzene rings is 2. The van der Waals surface area contributed by atoms with E-state index >= 15 is 0 Å². The summed E-state index contributed by atoms with van der Waals surface area (Å²) in [5.74, 6) is 0.808. The van der Waals surface area contributed by atoms with Crippen LogP contribution in [0.3, 0.4) is 0 Å². The monoisotopic (exact) mass is 399 g/mol. The Labute approximate surface area is 169 Å². The highest BCUT2D eigenvalue weighted by Gasteiger charge is 2.18. The molecule has 0 aliphatic rings. The standard InChI is InChI=1S/C21H25N3O5/c1-4-29-21(26)23-17(16-8-6-5-7-9-16)13-20(25)24-22-14-15-10-11-18(27-2)19(12-15)28-3/h5-12,14,17H,4,13H2,1-3H3,(H,23,26)(H,24,25)/b22-14-/t17-/m1/s1. The van der Waals surface area contributed by atoms with Crippen LogP contribution >= 0.6 is 0 Å². The fourth-order valence-corrected chi connectivity index (χ4v) is 2.60. The quantitative estimate of drug-likeness (QED) is 0.499. The number of nitrogens with zero attached hydrogens (tertiary/aromatic N) is 1. The van der Waals surface area contributed by atoms with Crippen LogP contribution < -0.4 is 20.2 Å². The molecule has 0 fully saturated rings. The minimum Gasteiger partial charge on any atom is -0.493 e. The van der Waals surface area contributed by atoms with Crippen molar-refractivity contribution in [3.05, 3.63) is 59.7 Å². The largest absolute Gasteiger partial charge is 0.493 e. The van der Waals surface area contributed by atoms with Gasteiger partial charge in [0, 0.05) is 0 Å². The van der Waals surface area contributed by atoms with Gasteiger partial charge in [-0.3, -0.25) is 4.79 Å². The highest BCUT2D eigenvalue weighted by atomic mass is 16.5. The maximum Gasteiger partial charge on any atom is 0.407 e. The lowest BCUT2D eigenvalue weighted by Crippen LogP contribution is -2.33. The van der Waals surface area contributed by atoms with Crippen molar-refractivity contribution >= 4 is 18.2 Å². The van der Waals surface area contributed by atoms with Crippen LogP contribution in [0.15, 0.2) is 53.6 Å². The first-order chi connectivity index (χ1) is 14.1. The van der Waals surface area contributed by atoms with Crippen molar-refractivity contribution in [1.29, 1.82) is 0 Å². The fraction of sp³-hybridized carbons (Fsp3) is 0.286. The molecule has 0 aliphatic heterocycles. The molecule has 8 nitrogen and oxygen atoms in total. The van der Waals surface area contributed by atoms with E-state index in [1.54, 1.807) is 39.3 Å². The molecule has 0 saturated heterocycles. The van der Waals surface area contributed by atoms with E-state index in [9.17, 15) is 9.59 Å². The van der Waals surface area contributed by atoms with Crippen molar-refractivity contribution in [3.8, 4) is 11.5 Å². The van der Waals surface area contributed by atoms with E-state index in [4.69, 9.17) is 14.2 Å². The number of rotatable bonds is 9. The second kappa shape index (κ2) is 11.3. The number of hydrazone groups is 1. The first-order valence-electron chi connectivity index (χ1n) is 9.09. The Kier molecular flexibility index (Phi) is 8.50. The molecular weight excluding hydrogens is 374 g/mol. The molecule has 2 amide bonds. The number of hydrogen-bond acceptors (Lipinski definition) is 6. The Morgan fingerprint density at radius 1 is 1.07 bits per heavy atom. The van der Waals surface area contributed by atoms with Gasteiger partial charge >= 0.3 is 6.09 Å². The van der Waals surface area contributed by atoms with Crippen molar-refractivity contribution < 1.29 is 23.8 Å². The van der Waals surface area contributed by atoms with Crippen LogP contribution in [0, 0.1) is 0 Å². The van der Waals surface area contributed by atoms with Crippen LogP contribution in [0.4, 0.5) is 4.79 Å². The van der Waals surface area contributed by atoms with Gasteiger partial charge in [-0.05, 0) is 36.2 Å². The predicted octanol–water partition coefficient (Wildman–Crippen LogP) is 3.03. The molecular formula is C21H25N3O5. The average Bonchev–Trinajstić information content (AvgIpc) is 2.74. The smallest absolute Gasteiger partial charge is 0.407 e. The van der Waals surface area contributed by atoms with Crippen molar-refractivity contribution in [2.45, 2.75) is 19.4 Å². The van der Waals surface area contributed by atoms with E-state index in [2.05, 4.69) is 15.8 Å². The third-order valence-corrected chi connectivity index (χ3v) is 3.97. The maximum atomic E-state index is 12.3. The van der Waals surface area contributed by atoms with Crippen molar-refractivity contribution in [2.75, 3.05) is 20.8 Å². The molecule has 2 aromatic carbocycles. The molecule has 0 saturated carbocycles. The average molecular weight is 399 g/mol. The van der Waals surface area contributed by atoms with Gasteiger partial charge in [-0.25, -0.2) is 10.2 Å². The lowest BCUT2D eigenvalue weighted by Gasteiger charge is -2.18. The summed E-state index contributed by atoms with van der Waals surface area (Å²) in [6.45, 7) is 1.96. The first kappa shape index (κ1) is 21.7. The van der Waals surface area contributed by atoms with Gasteiger partial charge in [0.15, 0.2) is 11.5 Å². The fourth-order valence-electron chi connectivity index (χ4n) is 2.60. The number of amides is 2. The molecule has 8 heteroatoms. The van der Waals surface area contributed by atoms with E-state index in [1.807, 2.05) is 30.3 Å². The molecule has 0 bridgehead atoms. The molecule has 1 atom stereocenters. The van der Waals surface area contributed by atoms with E-state index in [0.717, 1.165) is 11.1 Å². The van der Waals surface area contributed by atoms with Crippen LogP contribution in [0.5, 0.6) is 11.5 Å². The van der Waals surface area contributed by atoms with Crippen molar-refractivity contribution in [3.63, 3.8) is 0 Å². The Bertz CT molecular complexity index is 839. The maximum absolute atomic E-state index is 12.3. The lowest BCUT2D eigenvalue weighted by molar-refractivity contribution is -0.121. The van der Waals surface area contributed by atoms with Gasteiger partial charge < -0.3 is 19.5 Å². The van der Waals surface area contributed by atoms with Crippen molar-refractivity contribution in [2.24, 2.45) is 5.10 Å². The Morgan fingerprint density at radius 2 is 1.79 bits per heavy atom. The number of nitrogens with one attached hydrogen (secondary N) is 2. The van der Waals surface area contributed by atoms with Gasteiger partial charge in [-0.1, -0.05) is 30.3 Å². The zero-order chi connectivity index (χ0) is 21.1. The topological polar surface area (TPSA) is 98.2 Å². The summed E-state index contributed by atoms with van der Waals surface area (Å²) in [4.78, 5) is 24.1. The van der Waals surface area contributed by atoms with E-state index in [0.29, 0.717) is 11.5 Å². The molecule has 154 valence electrons. The molecule has 0 aliphatic carbocycles. The number of carbonyl (C=O) groups is 2. The Balaban J connectivity index is 2.00. The summed E-state index contributed by atoms with van der Waals surface area (Å²) in [5.41, 5.74) is 3.99. The molecule has 2 aromatic rings. The Hall–Kier alpha value is -3.55. The minimum atomic E-state index is -0.581. The molecule has 2 N–H and O–H groups in total. The number of ether oxygens (including phenoxy) is 3. The summed E-state index contributed by atoms with van der Waals surface area (Å²) in [5, 5.41) is 6.67. The number of alkyl carbamates (subject to hydrolysis) is 1. The normalized spacial score (nSPS) is 11.6. The van der Waals surface area contributed by atoms with E-state index in [1.165, 1.54) is 6.21 Å². The van der Waals surface area contributed by atoms with Crippen LogP contribution in [-0.2, 0) is 9.53 Å². The molecule has 0 aromatic heterocycles. The summed E-state index contributed by atoms with van der Waals surface area (Å²) in [6.07, 6.45) is 0.922. The van der Waals surface area contributed by atoms with Gasteiger partial charge in [0.1, 0.15) is 0 Å². The molecule has 0 unspecified atom stereocenters. The SMILES string of the molecule is CCOC(=O)N[C@H](CC(=O)N/N=C\c1ccc(OC)c(OC)c1)c1ccccc1. The Morgan fingerprint density at radius 3 is 2.45 bits per heavy atom. The van der Waals surface area contributed by atoms with E-state index < -0.39 is 12.1 Å². The zero-order valence-corrected chi connectivity index (χ0v) is 16.7. The first-order valence-corrected chi connectivity index (χ1v) is 9.09. The van der Waals surface area contributed by atoms with Crippen LogP contribution in [0.1, 0.15) is 30.5 Å². The van der Waals surface area contributed by atoms with Crippen molar-refractivity contribution in [1.82, 2.24) is 10.7 Å². The summed E-state index contributed by atoms with van der Waals surface area (Å²) >= 11 is 0. The second-order valence-electron chi connectivity index (χ2n) is 5.94. The molecule has 0 radical (unpaired) electrons. The van der Waals surface area contributed by atoms with Gasteiger partial charge in [-0.15, -0.1) is 0 Å². The number of methoxy groups -OCH3 is 2. The molecule has 0 heterocycles. The number of carbonyl (C=O) groups excluding carboxylic acids is 2. The minimum absolute atomic E-state index is 0.00605. The van der Waals surface area contributed by atoms with E-state index in [-0.39, 0.29) is 18.9 Å². The van der Waals surface area contributed by atoms with Gasteiger partial charge in [0.05, 0.1) is 39.5 Å². The van der Waals surface area contributed by atoms with Crippen LogP contribution in [0.25, 0.3) is 0 Å². The third kappa shape index (κ3) is 6.84. The summed E-state index contributed by atoms with van der Waals surface area (Å²) in [6, 6.07) is 13.9. The summed E-state index contributed by atoms with van der Waals surface area (Å²) in [7, 11) is 3.10.